The number of benzene rings is 1. The van der Waals surface area contributed by atoms with Gasteiger partial charge in [-0.15, -0.1) is 0 Å². The van der Waals surface area contributed by atoms with Gasteiger partial charge < -0.3 is 20.0 Å². The highest BCUT2D eigenvalue weighted by molar-refractivity contribution is 5.96. The molecule has 0 radical (unpaired) electrons. The quantitative estimate of drug-likeness (QED) is 0.217. The number of imidazole rings is 2. The molecule has 0 amide bonds. The molecule has 6 aromatic rings. The van der Waals surface area contributed by atoms with Crippen molar-refractivity contribution in [3.8, 4) is 28.3 Å². The van der Waals surface area contributed by atoms with E-state index >= 15 is 0 Å². The van der Waals surface area contributed by atoms with E-state index in [9.17, 15) is 5.11 Å². The monoisotopic (exact) mass is 519 g/mol. The number of hydrogen-bond donors (Lipinski definition) is 4. The lowest BCUT2D eigenvalue weighted by Gasteiger charge is -2.27. The first-order valence-corrected chi connectivity index (χ1v) is 13.4. The Morgan fingerprint density at radius 2 is 1.87 bits per heavy atom. The Kier molecular flexibility index (Phi) is 5.81. The number of aromatic amines is 2. The van der Waals surface area contributed by atoms with Crippen LogP contribution < -0.4 is 5.32 Å². The second-order valence-corrected chi connectivity index (χ2v) is 10.3. The molecule has 1 aromatic carbocycles. The third-order valence-electron chi connectivity index (χ3n) is 7.63. The molecule has 1 saturated carbocycles. The molecular weight excluding hydrogens is 490 g/mol. The molecule has 5 heterocycles. The number of H-pyrrole nitrogens is 2. The van der Waals surface area contributed by atoms with E-state index in [1.54, 1.807) is 24.9 Å². The van der Waals surface area contributed by atoms with Crippen LogP contribution in [0.25, 0.3) is 50.3 Å². The smallest absolute Gasteiger partial charge is 0.159 e. The number of nitrogens with zero attached hydrogens (tertiary/aromatic N) is 6. The molecule has 1 fully saturated rings. The van der Waals surface area contributed by atoms with Gasteiger partial charge in [0.15, 0.2) is 5.82 Å². The molecule has 1 aliphatic rings. The molecule has 1 atom stereocenters. The third kappa shape index (κ3) is 4.42. The molecule has 39 heavy (non-hydrogen) atoms. The van der Waals surface area contributed by atoms with Gasteiger partial charge in [-0.1, -0.05) is 25.3 Å². The maximum atomic E-state index is 10.7. The number of anilines is 1. The van der Waals surface area contributed by atoms with Crippen LogP contribution in [0.2, 0.25) is 0 Å². The number of nitrogens with one attached hydrogen (secondary N) is 3. The van der Waals surface area contributed by atoms with Crippen molar-refractivity contribution in [2.75, 3.05) is 5.32 Å². The number of pyridine rings is 2. The van der Waals surface area contributed by atoms with E-state index in [-0.39, 0.29) is 5.92 Å². The minimum absolute atomic E-state index is 0.282. The summed E-state index contributed by atoms with van der Waals surface area (Å²) in [6.45, 7) is 1.95. The van der Waals surface area contributed by atoms with Crippen LogP contribution >= 0.6 is 0 Å². The van der Waals surface area contributed by atoms with E-state index in [0.29, 0.717) is 5.82 Å². The van der Waals surface area contributed by atoms with Gasteiger partial charge in [0.1, 0.15) is 17.4 Å². The van der Waals surface area contributed by atoms with Crippen LogP contribution in [-0.4, -0.2) is 51.0 Å². The van der Waals surface area contributed by atoms with Gasteiger partial charge in [0, 0.05) is 29.3 Å². The van der Waals surface area contributed by atoms with Gasteiger partial charge in [0.05, 0.1) is 53.0 Å². The number of aliphatic hydroxyl groups excluding tert-OH is 1. The second kappa shape index (κ2) is 9.63. The molecule has 0 spiro atoms. The van der Waals surface area contributed by atoms with Gasteiger partial charge in [-0.05, 0) is 43.5 Å². The average molecular weight is 520 g/mol. The van der Waals surface area contributed by atoms with Crippen molar-refractivity contribution in [1.82, 2.24) is 39.7 Å². The van der Waals surface area contributed by atoms with Crippen LogP contribution in [0.4, 0.5) is 5.69 Å². The van der Waals surface area contributed by atoms with Gasteiger partial charge in [-0.2, -0.15) is 5.10 Å². The van der Waals surface area contributed by atoms with Crippen molar-refractivity contribution in [2.45, 2.75) is 45.3 Å². The second-order valence-electron chi connectivity index (χ2n) is 10.3. The first kappa shape index (κ1) is 23.5. The fraction of sp³-hybridized carbons (Fsp3) is 0.276. The molecule has 196 valence electrons. The SMILES string of the molecule is Cc1cn(-c2cncc3[nH]c(-c4n[nH]c5ccc(-c6cncc(NC(O)C7CCCCC7)c6)cc45)nc23)cn1. The lowest BCUT2D eigenvalue weighted by Crippen LogP contribution is -2.30. The van der Waals surface area contributed by atoms with E-state index in [2.05, 4.69) is 41.5 Å². The Labute approximate surface area is 224 Å². The van der Waals surface area contributed by atoms with Crippen molar-refractivity contribution >= 4 is 27.6 Å². The summed E-state index contributed by atoms with van der Waals surface area (Å²) in [5.41, 5.74) is 7.79. The highest BCUT2D eigenvalue weighted by Crippen LogP contribution is 2.32. The molecular formula is C29H29N9O. The maximum Gasteiger partial charge on any atom is 0.159 e. The summed E-state index contributed by atoms with van der Waals surface area (Å²) in [5.74, 6) is 0.938. The van der Waals surface area contributed by atoms with Crippen LogP contribution in [0.15, 0.2) is 61.6 Å². The number of fused-ring (bicyclic) bond motifs is 2. The molecule has 4 N–H and O–H groups in total. The fourth-order valence-corrected chi connectivity index (χ4v) is 5.56. The molecule has 7 rings (SSSR count). The Bertz CT molecular complexity index is 1780. The number of aromatic nitrogens is 8. The lowest BCUT2D eigenvalue weighted by atomic mass is 9.88. The van der Waals surface area contributed by atoms with E-state index in [1.807, 2.05) is 42.1 Å². The van der Waals surface area contributed by atoms with Gasteiger partial charge in [0.2, 0.25) is 0 Å². The lowest BCUT2D eigenvalue weighted by molar-refractivity contribution is 0.109. The Balaban J connectivity index is 1.22. The summed E-state index contributed by atoms with van der Waals surface area (Å²) in [4.78, 5) is 21.5. The third-order valence-corrected chi connectivity index (χ3v) is 7.63. The minimum atomic E-state index is -0.566. The van der Waals surface area contributed by atoms with E-state index in [0.717, 1.165) is 68.7 Å². The summed E-state index contributed by atoms with van der Waals surface area (Å²) in [5, 5.41) is 22.7. The zero-order valence-corrected chi connectivity index (χ0v) is 21.6. The predicted molar refractivity (Wildman–Crippen MR) is 150 cm³/mol. The largest absolute Gasteiger partial charge is 0.374 e. The summed E-state index contributed by atoms with van der Waals surface area (Å²) >= 11 is 0. The highest BCUT2D eigenvalue weighted by atomic mass is 16.3. The van der Waals surface area contributed by atoms with Gasteiger partial charge in [-0.25, -0.2) is 9.97 Å². The van der Waals surface area contributed by atoms with Crippen molar-refractivity contribution in [3.05, 3.63) is 67.3 Å². The molecule has 10 heteroatoms. The molecule has 0 bridgehead atoms. The zero-order chi connectivity index (χ0) is 26.3. The standard InChI is InChI=1S/C29H29N9O/c1-17-15-38(16-32-17)25-14-31-13-24-27(25)35-28(34-24)26-22-10-19(7-8-23(22)36-37-26)20-9-21(12-30-11-20)33-29(39)18-5-3-2-4-6-18/h7-16,18,29,33,39H,2-6H2,1H3,(H,34,35)(H,36,37). The van der Waals surface area contributed by atoms with Crippen molar-refractivity contribution in [2.24, 2.45) is 5.92 Å². The predicted octanol–water partition coefficient (Wildman–Crippen LogP) is 5.37. The van der Waals surface area contributed by atoms with E-state index in [4.69, 9.17) is 4.98 Å². The fourth-order valence-electron chi connectivity index (χ4n) is 5.56. The first-order valence-electron chi connectivity index (χ1n) is 13.4. The minimum Gasteiger partial charge on any atom is -0.374 e. The maximum absolute atomic E-state index is 10.7. The van der Waals surface area contributed by atoms with Gasteiger partial charge in [0.25, 0.3) is 0 Å². The first-order chi connectivity index (χ1) is 19.1. The van der Waals surface area contributed by atoms with Crippen molar-refractivity contribution < 1.29 is 5.11 Å². The van der Waals surface area contributed by atoms with Gasteiger partial charge in [-0.3, -0.25) is 15.1 Å². The number of rotatable bonds is 6. The Morgan fingerprint density at radius 1 is 1.00 bits per heavy atom. The summed E-state index contributed by atoms with van der Waals surface area (Å²) in [7, 11) is 0. The highest BCUT2D eigenvalue weighted by Gasteiger charge is 2.22. The van der Waals surface area contributed by atoms with Crippen LogP contribution in [0.1, 0.15) is 37.8 Å². The zero-order valence-electron chi connectivity index (χ0n) is 21.6. The molecule has 10 nitrogen and oxygen atoms in total. The van der Waals surface area contributed by atoms with Crippen LogP contribution in [0.3, 0.4) is 0 Å². The van der Waals surface area contributed by atoms with E-state index in [1.165, 1.54) is 19.3 Å². The average Bonchev–Trinajstić information content (AvgIpc) is 3.71. The summed E-state index contributed by atoms with van der Waals surface area (Å²) in [6.07, 6.45) is 16.0. The normalized spacial score (nSPS) is 15.2. The van der Waals surface area contributed by atoms with E-state index < -0.39 is 6.23 Å². The Hall–Kier alpha value is -4.57. The molecule has 0 aliphatic heterocycles. The summed E-state index contributed by atoms with van der Waals surface area (Å²) in [6, 6.07) is 8.19. The van der Waals surface area contributed by atoms with Crippen molar-refractivity contribution in [3.63, 3.8) is 0 Å². The van der Waals surface area contributed by atoms with Crippen molar-refractivity contribution in [1.29, 1.82) is 0 Å². The molecule has 1 aliphatic carbocycles. The number of hydrogen-bond acceptors (Lipinski definition) is 7. The molecule has 0 saturated heterocycles. The topological polar surface area (TPSA) is 133 Å². The van der Waals surface area contributed by atoms with Crippen LogP contribution in [0, 0.1) is 12.8 Å². The molecule has 5 aromatic heterocycles. The number of aryl methyl sites for hydroxylation is 1. The molecule has 1 unspecified atom stereocenters. The van der Waals surface area contributed by atoms with Gasteiger partial charge >= 0.3 is 0 Å². The van der Waals surface area contributed by atoms with Crippen LogP contribution in [-0.2, 0) is 0 Å². The Morgan fingerprint density at radius 3 is 2.72 bits per heavy atom. The van der Waals surface area contributed by atoms with Crippen LogP contribution in [0.5, 0.6) is 0 Å². The number of aliphatic hydroxyl groups is 1. The summed E-state index contributed by atoms with van der Waals surface area (Å²) < 4.78 is 1.93.